The van der Waals surface area contributed by atoms with Crippen molar-refractivity contribution in [1.82, 2.24) is 0 Å². The Hall–Kier alpha value is -1.60. The van der Waals surface area contributed by atoms with E-state index >= 15 is 0 Å². The highest BCUT2D eigenvalue weighted by molar-refractivity contribution is 5.78. The summed E-state index contributed by atoms with van der Waals surface area (Å²) in [5.74, 6) is 1.33. The number of hydrogen-bond acceptors (Lipinski definition) is 1. The average Bonchev–Trinajstić information content (AvgIpc) is 3.15. The predicted molar refractivity (Wildman–Crippen MR) is 77.1 cm³/mol. The van der Waals surface area contributed by atoms with E-state index in [2.05, 4.69) is 48.5 Å². The van der Waals surface area contributed by atoms with Gasteiger partial charge >= 0.3 is 0 Å². The molecule has 4 rings (SSSR count). The molecule has 1 nitrogen and oxygen atoms in total. The second-order valence-corrected chi connectivity index (χ2v) is 6.41. The van der Waals surface area contributed by atoms with E-state index in [4.69, 9.17) is 0 Å². The first-order valence-corrected chi connectivity index (χ1v) is 6.99. The first-order chi connectivity index (χ1) is 9.09. The molecule has 0 amide bonds. The van der Waals surface area contributed by atoms with Gasteiger partial charge in [0.2, 0.25) is 0 Å². The highest BCUT2D eigenvalue weighted by atomic mass is 16.3. The van der Waals surface area contributed by atoms with Crippen molar-refractivity contribution < 1.29 is 5.11 Å². The van der Waals surface area contributed by atoms with E-state index in [9.17, 15) is 5.11 Å². The van der Waals surface area contributed by atoms with E-state index in [0.717, 1.165) is 0 Å². The van der Waals surface area contributed by atoms with Gasteiger partial charge in [-0.2, -0.15) is 0 Å². The van der Waals surface area contributed by atoms with Gasteiger partial charge in [0.05, 0.1) is 5.60 Å². The van der Waals surface area contributed by atoms with E-state index < -0.39 is 5.60 Å². The van der Waals surface area contributed by atoms with Gasteiger partial charge in [0.1, 0.15) is 0 Å². The topological polar surface area (TPSA) is 20.2 Å². The average molecular weight is 250 g/mol. The molecule has 1 heteroatoms. The summed E-state index contributed by atoms with van der Waals surface area (Å²) in [7, 11) is 0. The molecule has 2 aromatic rings. The van der Waals surface area contributed by atoms with Gasteiger partial charge in [-0.25, -0.2) is 0 Å². The van der Waals surface area contributed by atoms with Crippen molar-refractivity contribution in [2.24, 2.45) is 5.92 Å². The lowest BCUT2D eigenvalue weighted by Crippen LogP contribution is -2.23. The molecule has 2 aliphatic carbocycles. The Morgan fingerprint density at radius 1 is 0.789 bits per heavy atom. The summed E-state index contributed by atoms with van der Waals surface area (Å²) in [6.07, 6.45) is 0. The molecule has 1 N–H and O–H groups in total. The molecule has 0 saturated heterocycles. The standard InChI is InChI=1S/C18H18O/c1-18(2,19)17-15-13-9-5-3-7-11(13)12-8-4-6-10-14(12)16(15)17/h3-10,15-17,19H,1-2H3. The van der Waals surface area contributed by atoms with Crippen molar-refractivity contribution in [3.05, 3.63) is 59.7 Å². The largest absolute Gasteiger partial charge is 0.390 e. The molecule has 1 fully saturated rings. The van der Waals surface area contributed by atoms with E-state index in [1.807, 2.05) is 13.8 Å². The maximum atomic E-state index is 10.4. The summed E-state index contributed by atoms with van der Waals surface area (Å²) in [5.41, 5.74) is 4.92. The molecular formula is C18H18O. The monoisotopic (exact) mass is 250 g/mol. The Balaban J connectivity index is 1.96. The SMILES string of the molecule is CC(C)(O)C1C2c3ccccc3-c3ccccc3C21. The fraction of sp³-hybridized carbons (Fsp3) is 0.333. The van der Waals surface area contributed by atoms with Crippen LogP contribution in [0.4, 0.5) is 0 Å². The molecule has 19 heavy (non-hydrogen) atoms. The molecular weight excluding hydrogens is 232 g/mol. The molecule has 2 atom stereocenters. The number of fused-ring (bicyclic) bond motifs is 6. The Kier molecular flexibility index (Phi) is 2.06. The van der Waals surface area contributed by atoms with E-state index in [1.54, 1.807) is 0 Å². The van der Waals surface area contributed by atoms with Crippen LogP contribution in [-0.4, -0.2) is 10.7 Å². The second kappa shape index (κ2) is 3.49. The van der Waals surface area contributed by atoms with Gasteiger partial charge in [-0.05, 0) is 47.9 Å². The van der Waals surface area contributed by atoms with Crippen LogP contribution in [0, 0.1) is 5.92 Å². The van der Waals surface area contributed by atoms with Gasteiger partial charge in [0.15, 0.2) is 0 Å². The minimum atomic E-state index is -0.611. The first-order valence-electron chi connectivity index (χ1n) is 6.99. The van der Waals surface area contributed by atoms with Crippen LogP contribution in [-0.2, 0) is 0 Å². The first kappa shape index (κ1) is 11.2. The summed E-state index contributed by atoms with van der Waals surface area (Å²) >= 11 is 0. The Labute approximate surface area is 113 Å². The lowest BCUT2D eigenvalue weighted by Gasteiger charge is -2.18. The molecule has 0 spiro atoms. The van der Waals surface area contributed by atoms with Crippen molar-refractivity contribution in [3.8, 4) is 11.1 Å². The van der Waals surface area contributed by atoms with Gasteiger partial charge in [-0.3, -0.25) is 0 Å². The minimum Gasteiger partial charge on any atom is -0.390 e. The van der Waals surface area contributed by atoms with Crippen LogP contribution in [0.5, 0.6) is 0 Å². The minimum absolute atomic E-state index is 0.345. The van der Waals surface area contributed by atoms with Gasteiger partial charge in [-0.15, -0.1) is 0 Å². The smallest absolute Gasteiger partial charge is 0.0631 e. The predicted octanol–water partition coefficient (Wildman–Crippen LogP) is 3.94. The van der Waals surface area contributed by atoms with Crippen LogP contribution in [0.1, 0.15) is 36.8 Å². The quantitative estimate of drug-likeness (QED) is 0.813. The van der Waals surface area contributed by atoms with Crippen molar-refractivity contribution in [2.45, 2.75) is 31.3 Å². The van der Waals surface area contributed by atoms with E-state index in [1.165, 1.54) is 22.3 Å². The lowest BCUT2D eigenvalue weighted by molar-refractivity contribution is 0.0528. The van der Waals surface area contributed by atoms with Crippen LogP contribution in [0.25, 0.3) is 11.1 Å². The number of hydrogen-bond donors (Lipinski definition) is 1. The molecule has 0 aromatic heterocycles. The summed E-state index contributed by atoms with van der Waals surface area (Å²) in [6.45, 7) is 3.89. The highest BCUT2D eigenvalue weighted by Gasteiger charge is 2.60. The molecule has 0 heterocycles. The van der Waals surface area contributed by atoms with Crippen molar-refractivity contribution in [1.29, 1.82) is 0 Å². The van der Waals surface area contributed by atoms with E-state index in [-0.39, 0.29) is 0 Å². The zero-order valence-corrected chi connectivity index (χ0v) is 11.3. The fourth-order valence-corrected chi connectivity index (χ4v) is 4.03. The van der Waals surface area contributed by atoms with Gasteiger partial charge in [0.25, 0.3) is 0 Å². The summed E-state index contributed by atoms with van der Waals surface area (Å²) in [4.78, 5) is 0. The Morgan fingerprint density at radius 3 is 1.63 bits per heavy atom. The zero-order chi connectivity index (χ0) is 13.2. The number of aliphatic hydroxyl groups is 1. The lowest BCUT2D eigenvalue weighted by atomic mass is 9.86. The van der Waals surface area contributed by atoms with Crippen molar-refractivity contribution in [2.75, 3.05) is 0 Å². The third-order valence-electron chi connectivity index (χ3n) is 4.77. The van der Waals surface area contributed by atoms with Crippen LogP contribution >= 0.6 is 0 Å². The molecule has 2 aliphatic rings. The number of benzene rings is 2. The Morgan fingerprint density at radius 2 is 1.21 bits per heavy atom. The summed E-state index contributed by atoms with van der Waals surface area (Å²) in [5, 5.41) is 10.4. The maximum Gasteiger partial charge on any atom is 0.0631 e. The zero-order valence-electron chi connectivity index (χ0n) is 11.3. The molecule has 0 bridgehead atoms. The van der Waals surface area contributed by atoms with Crippen LogP contribution in [0.15, 0.2) is 48.5 Å². The van der Waals surface area contributed by atoms with Gasteiger partial charge in [-0.1, -0.05) is 48.5 Å². The molecule has 96 valence electrons. The summed E-state index contributed by atoms with van der Waals surface area (Å²) in [6, 6.07) is 17.3. The molecule has 0 radical (unpaired) electrons. The molecule has 2 unspecified atom stereocenters. The van der Waals surface area contributed by atoms with Gasteiger partial charge < -0.3 is 5.11 Å². The second-order valence-electron chi connectivity index (χ2n) is 6.41. The normalized spacial score (nSPS) is 27.2. The van der Waals surface area contributed by atoms with Crippen molar-refractivity contribution in [3.63, 3.8) is 0 Å². The van der Waals surface area contributed by atoms with E-state index in [0.29, 0.717) is 17.8 Å². The molecule has 2 aromatic carbocycles. The molecule has 0 aliphatic heterocycles. The van der Waals surface area contributed by atoms with Crippen molar-refractivity contribution >= 4 is 0 Å². The fourth-order valence-electron chi connectivity index (χ4n) is 4.03. The Bertz CT molecular complexity index is 599. The van der Waals surface area contributed by atoms with Crippen LogP contribution < -0.4 is 0 Å². The van der Waals surface area contributed by atoms with Crippen LogP contribution in [0.2, 0.25) is 0 Å². The van der Waals surface area contributed by atoms with Crippen LogP contribution in [0.3, 0.4) is 0 Å². The summed E-state index contributed by atoms with van der Waals surface area (Å²) < 4.78 is 0. The third kappa shape index (κ3) is 1.45. The highest BCUT2D eigenvalue weighted by Crippen LogP contribution is 2.69. The maximum absolute atomic E-state index is 10.4. The van der Waals surface area contributed by atoms with Gasteiger partial charge in [0, 0.05) is 5.92 Å². The third-order valence-corrected chi connectivity index (χ3v) is 4.77. The molecule has 1 saturated carbocycles. The number of rotatable bonds is 1.